The summed E-state index contributed by atoms with van der Waals surface area (Å²) in [7, 11) is 0. The van der Waals surface area contributed by atoms with Crippen LogP contribution in [0.5, 0.6) is 0 Å². The van der Waals surface area contributed by atoms with Crippen LogP contribution in [-0.2, 0) is 6.42 Å². The first-order valence-electron chi connectivity index (χ1n) is 5.31. The molecule has 1 N–H and O–H groups in total. The number of carboxylic acid groups (broad SMARTS) is 1. The van der Waals surface area contributed by atoms with E-state index >= 15 is 0 Å². The summed E-state index contributed by atoms with van der Waals surface area (Å²) in [4.78, 5) is 15.1. The van der Waals surface area contributed by atoms with E-state index in [4.69, 9.17) is 5.11 Å². The minimum Gasteiger partial charge on any atom is -0.476 e. The first-order chi connectivity index (χ1) is 8.24. The van der Waals surface area contributed by atoms with Gasteiger partial charge in [-0.1, -0.05) is 18.6 Å². The molecule has 2 heterocycles. The quantitative estimate of drug-likeness (QED) is 0.877. The van der Waals surface area contributed by atoms with Gasteiger partial charge in [0.25, 0.3) is 0 Å². The second kappa shape index (κ2) is 5.05. The molecule has 6 nitrogen and oxygen atoms in total. The van der Waals surface area contributed by atoms with E-state index in [-0.39, 0.29) is 5.69 Å². The van der Waals surface area contributed by atoms with Crippen molar-refractivity contribution in [2.24, 2.45) is 0 Å². The lowest BCUT2D eigenvalue weighted by atomic mass is 10.1. The zero-order valence-electron chi connectivity index (χ0n) is 9.33. The van der Waals surface area contributed by atoms with Crippen molar-refractivity contribution in [3.05, 3.63) is 23.0 Å². The van der Waals surface area contributed by atoms with Gasteiger partial charge in [0.15, 0.2) is 5.69 Å². The molecule has 0 aromatic carbocycles. The number of carbonyl (C=O) groups is 1. The van der Waals surface area contributed by atoms with E-state index in [9.17, 15) is 4.79 Å². The number of aromatic carboxylic acids is 1. The Morgan fingerprint density at radius 1 is 1.59 bits per heavy atom. The Morgan fingerprint density at radius 3 is 3.00 bits per heavy atom. The summed E-state index contributed by atoms with van der Waals surface area (Å²) in [5, 5.41) is 19.1. The summed E-state index contributed by atoms with van der Waals surface area (Å²) in [6, 6.07) is 0. The van der Waals surface area contributed by atoms with Crippen LogP contribution in [0.25, 0.3) is 5.13 Å². The predicted octanol–water partition coefficient (Wildman–Crippen LogP) is 1.76. The molecule has 0 unspecified atom stereocenters. The first-order valence-corrected chi connectivity index (χ1v) is 6.19. The highest BCUT2D eigenvalue weighted by atomic mass is 32.1. The zero-order chi connectivity index (χ0) is 12.3. The lowest BCUT2D eigenvalue weighted by molar-refractivity contribution is 0.0689. The van der Waals surface area contributed by atoms with Gasteiger partial charge in [0.2, 0.25) is 5.13 Å². The molecule has 0 atom stereocenters. The van der Waals surface area contributed by atoms with Gasteiger partial charge in [-0.15, -0.1) is 16.4 Å². The van der Waals surface area contributed by atoms with Crippen LogP contribution in [-0.4, -0.2) is 31.1 Å². The third kappa shape index (κ3) is 2.33. The van der Waals surface area contributed by atoms with Crippen molar-refractivity contribution in [3.63, 3.8) is 0 Å². The maximum absolute atomic E-state index is 11.0. The molecular formula is C10H12N4O2S. The van der Waals surface area contributed by atoms with Crippen molar-refractivity contribution in [3.8, 4) is 5.13 Å². The highest BCUT2D eigenvalue weighted by Crippen LogP contribution is 2.17. The van der Waals surface area contributed by atoms with Crippen molar-refractivity contribution in [2.45, 2.75) is 26.2 Å². The highest BCUT2D eigenvalue weighted by molar-refractivity contribution is 7.12. The van der Waals surface area contributed by atoms with E-state index < -0.39 is 5.97 Å². The summed E-state index contributed by atoms with van der Waals surface area (Å²) in [6.07, 6.45) is 4.19. The van der Waals surface area contributed by atoms with Crippen LogP contribution in [0.3, 0.4) is 0 Å². The molecule has 2 aromatic rings. The van der Waals surface area contributed by atoms with E-state index in [2.05, 4.69) is 22.2 Å². The molecule has 0 radical (unpaired) electrons. The van der Waals surface area contributed by atoms with Crippen LogP contribution in [0, 0.1) is 0 Å². The van der Waals surface area contributed by atoms with Crippen LogP contribution in [0.15, 0.2) is 11.6 Å². The van der Waals surface area contributed by atoms with Gasteiger partial charge >= 0.3 is 5.97 Å². The van der Waals surface area contributed by atoms with Gasteiger partial charge in [-0.2, -0.15) is 4.68 Å². The molecule has 0 fully saturated rings. The monoisotopic (exact) mass is 252 g/mol. The number of carboxylic acids is 1. The Morgan fingerprint density at radius 2 is 2.41 bits per heavy atom. The van der Waals surface area contributed by atoms with Crippen molar-refractivity contribution in [2.75, 3.05) is 0 Å². The second-order valence-corrected chi connectivity index (χ2v) is 4.39. The lowest BCUT2D eigenvalue weighted by Gasteiger charge is -2.02. The summed E-state index contributed by atoms with van der Waals surface area (Å²) in [5.41, 5.74) is 0.642. The molecule has 17 heavy (non-hydrogen) atoms. The standard InChI is InChI=1S/C10H12N4O2S/c1-2-3-4-7-8(9(15)16)12-13-14(7)10-11-5-6-17-10/h5-6H,2-4H2,1H3,(H,15,16). The van der Waals surface area contributed by atoms with Crippen LogP contribution < -0.4 is 0 Å². The average molecular weight is 252 g/mol. The van der Waals surface area contributed by atoms with Crippen LogP contribution in [0.1, 0.15) is 35.9 Å². The van der Waals surface area contributed by atoms with Crippen molar-refractivity contribution in [1.29, 1.82) is 0 Å². The maximum Gasteiger partial charge on any atom is 0.358 e. The number of hydrogen-bond acceptors (Lipinski definition) is 5. The molecule has 2 rings (SSSR count). The third-order valence-corrected chi connectivity index (χ3v) is 3.08. The SMILES string of the molecule is CCCCc1c(C(=O)O)nnn1-c1nccs1. The number of thiazole rings is 1. The molecule has 7 heteroatoms. The van der Waals surface area contributed by atoms with E-state index in [1.165, 1.54) is 16.0 Å². The maximum atomic E-state index is 11.0. The Kier molecular flexibility index (Phi) is 3.48. The number of nitrogens with zero attached hydrogens (tertiary/aromatic N) is 4. The molecule has 0 saturated heterocycles. The third-order valence-electron chi connectivity index (χ3n) is 2.33. The van der Waals surface area contributed by atoms with Crippen molar-refractivity contribution in [1.82, 2.24) is 20.0 Å². The summed E-state index contributed by atoms with van der Waals surface area (Å²) >= 11 is 1.41. The minimum absolute atomic E-state index is 0.0219. The average Bonchev–Trinajstić information content (AvgIpc) is 2.94. The molecule has 0 spiro atoms. The fraction of sp³-hybridized carbons (Fsp3) is 0.400. The van der Waals surface area contributed by atoms with Gasteiger partial charge in [-0.05, 0) is 12.8 Å². The van der Waals surface area contributed by atoms with Gasteiger partial charge in [-0.3, -0.25) is 0 Å². The van der Waals surface area contributed by atoms with Gasteiger partial charge < -0.3 is 5.11 Å². The fourth-order valence-corrected chi connectivity index (χ4v) is 2.12. The van der Waals surface area contributed by atoms with Crippen LogP contribution in [0.4, 0.5) is 0 Å². The molecule has 0 aliphatic carbocycles. The molecule has 0 amide bonds. The molecular weight excluding hydrogens is 240 g/mol. The predicted molar refractivity (Wildman–Crippen MR) is 62.6 cm³/mol. The largest absolute Gasteiger partial charge is 0.476 e. The molecule has 2 aromatic heterocycles. The molecule has 0 bridgehead atoms. The Hall–Kier alpha value is -1.76. The van der Waals surface area contributed by atoms with E-state index in [0.717, 1.165) is 12.8 Å². The minimum atomic E-state index is -1.04. The number of unbranched alkanes of at least 4 members (excludes halogenated alkanes) is 1. The van der Waals surface area contributed by atoms with Gasteiger partial charge in [-0.25, -0.2) is 9.78 Å². The Labute approximate surface area is 102 Å². The normalized spacial score (nSPS) is 10.6. The number of aromatic nitrogens is 4. The zero-order valence-corrected chi connectivity index (χ0v) is 10.1. The van der Waals surface area contributed by atoms with Gasteiger partial charge in [0.05, 0.1) is 5.69 Å². The van der Waals surface area contributed by atoms with E-state index in [1.54, 1.807) is 6.20 Å². The first kappa shape index (κ1) is 11.7. The Balaban J connectivity index is 2.41. The summed E-state index contributed by atoms with van der Waals surface area (Å²) in [6.45, 7) is 2.05. The van der Waals surface area contributed by atoms with Crippen LogP contribution >= 0.6 is 11.3 Å². The summed E-state index contributed by atoms with van der Waals surface area (Å²) in [5.74, 6) is -1.04. The highest BCUT2D eigenvalue weighted by Gasteiger charge is 2.20. The van der Waals surface area contributed by atoms with Gasteiger partial charge in [0.1, 0.15) is 0 Å². The summed E-state index contributed by atoms with van der Waals surface area (Å²) < 4.78 is 1.52. The molecule has 0 saturated carbocycles. The topological polar surface area (TPSA) is 80.9 Å². The molecule has 0 aliphatic heterocycles. The van der Waals surface area contributed by atoms with Gasteiger partial charge in [0, 0.05) is 11.6 Å². The van der Waals surface area contributed by atoms with E-state index in [0.29, 0.717) is 17.2 Å². The smallest absolute Gasteiger partial charge is 0.358 e. The second-order valence-electron chi connectivity index (χ2n) is 3.52. The fourth-order valence-electron chi connectivity index (χ4n) is 1.51. The Bertz CT molecular complexity index is 506. The van der Waals surface area contributed by atoms with Crippen molar-refractivity contribution < 1.29 is 9.90 Å². The number of rotatable bonds is 5. The lowest BCUT2D eigenvalue weighted by Crippen LogP contribution is -2.06. The number of hydrogen-bond donors (Lipinski definition) is 1. The van der Waals surface area contributed by atoms with E-state index in [1.807, 2.05) is 5.38 Å². The molecule has 0 aliphatic rings. The molecule has 90 valence electrons. The van der Waals surface area contributed by atoms with Crippen LogP contribution in [0.2, 0.25) is 0 Å². The van der Waals surface area contributed by atoms with Crippen molar-refractivity contribution >= 4 is 17.3 Å².